The lowest BCUT2D eigenvalue weighted by Crippen LogP contribution is -2.36. The Bertz CT molecular complexity index is 1710. The van der Waals surface area contributed by atoms with Crippen LogP contribution < -0.4 is 10.6 Å². The topological polar surface area (TPSA) is 101 Å². The molecule has 1 aliphatic rings. The molecule has 4 amide bonds. The number of anilines is 2. The average Bonchev–Trinajstić information content (AvgIpc) is 3.39. The Hall–Kier alpha value is -3.93. The van der Waals surface area contributed by atoms with Crippen molar-refractivity contribution in [3.05, 3.63) is 98.7 Å². The minimum Gasteiger partial charge on any atom is -0.337 e. The molecule has 0 bridgehead atoms. The molecule has 2 N–H and O–H groups in total. The van der Waals surface area contributed by atoms with Gasteiger partial charge in [0.25, 0.3) is 11.1 Å². The highest BCUT2D eigenvalue weighted by atomic mass is 79.9. The summed E-state index contributed by atoms with van der Waals surface area (Å²) in [5.74, 6) is -1.87. The molecular formula is C28H19BrClFN4O4S. The molecule has 40 heavy (non-hydrogen) atoms. The highest BCUT2D eigenvalue weighted by Crippen LogP contribution is 2.34. The molecule has 1 saturated heterocycles. The molecule has 202 valence electrons. The average molecular weight is 642 g/mol. The van der Waals surface area contributed by atoms with Gasteiger partial charge in [0, 0.05) is 38.5 Å². The normalized spacial score (nSPS) is 14.3. The maximum atomic E-state index is 13.2. The quantitative estimate of drug-likeness (QED) is 0.224. The smallest absolute Gasteiger partial charge is 0.294 e. The highest BCUT2D eigenvalue weighted by Gasteiger charge is 2.36. The van der Waals surface area contributed by atoms with Gasteiger partial charge in [-0.1, -0.05) is 29.8 Å². The Balaban J connectivity index is 1.32. The fourth-order valence-corrected chi connectivity index (χ4v) is 5.36. The molecule has 0 radical (unpaired) electrons. The molecule has 1 aromatic heterocycles. The van der Waals surface area contributed by atoms with E-state index in [1.54, 1.807) is 35.0 Å². The van der Waals surface area contributed by atoms with E-state index in [0.717, 1.165) is 27.6 Å². The van der Waals surface area contributed by atoms with Gasteiger partial charge < -0.3 is 15.2 Å². The second-order valence-corrected chi connectivity index (χ2v) is 11.0. The number of fused-ring (bicyclic) bond motifs is 1. The first kappa shape index (κ1) is 27.6. The second kappa shape index (κ2) is 11.7. The summed E-state index contributed by atoms with van der Waals surface area (Å²) in [6, 6.07) is 17.6. The second-order valence-electron chi connectivity index (χ2n) is 8.73. The van der Waals surface area contributed by atoms with E-state index < -0.39 is 29.4 Å². The van der Waals surface area contributed by atoms with Gasteiger partial charge in [0.1, 0.15) is 18.9 Å². The summed E-state index contributed by atoms with van der Waals surface area (Å²) in [6.07, 6.45) is 3.29. The molecule has 2 heterocycles. The third-order valence-electron chi connectivity index (χ3n) is 5.93. The number of nitrogens with one attached hydrogen (secondary N) is 2. The predicted molar refractivity (Wildman–Crippen MR) is 157 cm³/mol. The van der Waals surface area contributed by atoms with Gasteiger partial charge in [-0.15, -0.1) is 0 Å². The van der Waals surface area contributed by atoms with Crippen LogP contribution in [0.1, 0.15) is 5.56 Å². The summed E-state index contributed by atoms with van der Waals surface area (Å²) in [5.41, 5.74) is 2.26. The zero-order valence-corrected chi connectivity index (χ0v) is 23.6. The van der Waals surface area contributed by atoms with Crippen molar-refractivity contribution in [2.45, 2.75) is 6.54 Å². The van der Waals surface area contributed by atoms with Gasteiger partial charge in [-0.3, -0.25) is 24.1 Å². The number of amides is 4. The van der Waals surface area contributed by atoms with Gasteiger partial charge in [-0.05, 0) is 82.3 Å². The van der Waals surface area contributed by atoms with Crippen LogP contribution in [0.5, 0.6) is 0 Å². The van der Waals surface area contributed by atoms with Crippen LogP contribution in [0.15, 0.2) is 82.3 Å². The number of aromatic nitrogens is 1. The Labute approximate surface area is 245 Å². The summed E-state index contributed by atoms with van der Waals surface area (Å²) < 4.78 is 15.6. The van der Waals surface area contributed by atoms with Crippen molar-refractivity contribution >= 4 is 90.6 Å². The first-order valence-electron chi connectivity index (χ1n) is 11.8. The molecule has 0 aliphatic carbocycles. The fourth-order valence-electron chi connectivity index (χ4n) is 4.11. The fraction of sp³-hybridized carbons (Fsp3) is 0.0714. The highest BCUT2D eigenvalue weighted by molar-refractivity contribution is 9.10. The first-order chi connectivity index (χ1) is 19.2. The number of hydrogen-bond donors (Lipinski definition) is 2. The minimum absolute atomic E-state index is 0.0343. The largest absolute Gasteiger partial charge is 0.337 e. The van der Waals surface area contributed by atoms with E-state index in [1.807, 2.05) is 24.3 Å². The standard InChI is InChI=1S/C28H19BrClFN4O4S/c29-21-10-9-19(12-22(21)30)33-26(37)15-35-27(38)24(40-28(35)39)11-16-13-34(23-4-2-1-3-20(16)23)14-25(36)32-18-7-5-17(31)6-8-18/h1-13H,14-15H2,(H,32,36)(H,33,37)/b24-11-. The SMILES string of the molecule is O=C(CN1C(=O)S/C(=C\c2cn(CC(=O)Nc3ccc(F)cc3)c3ccccc23)C1=O)Nc1ccc(Br)c(Cl)c1. The Morgan fingerprint density at radius 3 is 2.38 bits per heavy atom. The van der Waals surface area contributed by atoms with Crippen molar-refractivity contribution in [3.8, 4) is 0 Å². The summed E-state index contributed by atoms with van der Waals surface area (Å²) in [7, 11) is 0. The number of carbonyl (C=O) groups is 4. The summed E-state index contributed by atoms with van der Waals surface area (Å²) in [4.78, 5) is 51.9. The number of hydrogen-bond acceptors (Lipinski definition) is 5. The number of carbonyl (C=O) groups excluding carboxylic acids is 4. The van der Waals surface area contributed by atoms with E-state index in [1.165, 1.54) is 24.3 Å². The molecule has 4 aromatic rings. The number of halogens is 3. The molecule has 0 atom stereocenters. The molecular weight excluding hydrogens is 623 g/mol. The molecule has 12 heteroatoms. The summed E-state index contributed by atoms with van der Waals surface area (Å²) >= 11 is 10.1. The van der Waals surface area contributed by atoms with Crippen LogP contribution in [0.4, 0.5) is 20.6 Å². The van der Waals surface area contributed by atoms with E-state index in [0.29, 0.717) is 26.4 Å². The van der Waals surface area contributed by atoms with Crippen LogP contribution in [-0.2, 0) is 20.9 Å². The lowest BCUT2D eigenvalue weighted by atomic mass is 10.1. The number of thioether (sulfide) groups is 1. The lowest BCUT2D eigenvalue weighted by Gasteiger charge is -2.12. The van der Waals surface area contributed by atoms with Crippen LogP contribution in [0.25, 0.3) is 17.0 Å². The van der Waals surface area contributed by atoms with Crippen LogP contribution in [-0.4, -0.2) is 39.0 Å². The molecule has 1 fully saturated rings. The minimum atomic E-state index is -0.593. The molecule has 0 spiro atoms. The number of para-hydroxylation sites is 1. The van der Waals surface area contributed by atoms with E-state index >= 15 is 0 Å². The summed E-state index contributed by atoms with van der Waals surface area (Å²) in [6.45, 7) is -0.492. The molecule has 0 saturated carbocycles. The molecule has 8 nitrogen and oxygen atoms in total. The van der Waals surface area contributed by atoms with Crippen molar-refractivity contribution in [1.82, 2.24) is 9.47 Å². The summed E-state index contributed by atoms with van der Waals surface area (Å²) in [5, 5.41) is 5.96. The zero-order chi connectivity index (χ0) is 28.4. The third kappa shape index (κ3) is 6.11. The van der Waals surface area contributed by atoms with E-state index in [4.69, 9.17) is 11.6 Å². The molecule has 1 aliphatic heterocycles. The number of benzene rings is 3. The van der Waals surface area contributed by atoms with Crippen molar-refractivity contribution in [3.63, 3.8) is 0 Å². The molecule has 0 unspecified atom stereocenters. The molecule has 3 aromatic carbocycles. The molecule has 5 rings (SSSR count). The van der Waals surface area contributed by atoms with E-state index in [9.17, 15) is 23.6 Å². The van der Waals surface area contributed by atoms with Crippen LogP contribution in [0, 0.1) is 5.82 Å². The van der Waals surface area contributed by atoms with Crippen LogP contribution in [0.3, 0.4) is 0 Å². The van der Waals surface area contributed by atoms with E-state index in [2.05, 4.69) is 26.6 Å². The van der Waals surface area contributed by atoms with Crippen molar-refractivity contribution in [2.75, 3.05) is 17.2 Å². The Kier molecular flexibility index (Phi) is 8.06. The van der Waals surface area contributed by atoms with Gasteiger partial charge >= 0.3 is 0 Å². The third-order valence-corrected chi connectivity index (χ3v) is 8.07. The van der Waals surface area contributed by atoms with E-state index in [-0.39, 0.29) is 17.4 Å². The van der Waals surface area contributed by atoms with Crippen LogP contribution in [0.2, 0.25) is 5.02 Å². The van der Waals surface area contributed by atoms with Gasteiger partial charge in [0.2, 0.25) is 11.8 Å². The van der Waals surface area contributed by atoms with Crippen molar-refractivity contribution in [2.24, 2.45) is 0 Å². The number of imide groups is 1. The van der Waals surface area contributed by atoms with Crippen LogP contribution >= 0.6 is 39.3 Å². The lowest BCUT2D eigenvalue weighted by molar-refractivity contribution is -0.127. The van der Waals surface area contributed by atoms with Crippen molar-refractivity contribution in [1.29, 1.82) is 0 Å². The maximum Gasteiger partial charge on any atom is 0.294 e. The Morgan fingerprint density at radius 1 is 0.950 bits per heavy atom. The van der Waals surface area contributed by atoms with Crippen molar-refractivity contribution < 1.29 is 23.6 Å². The monoisotopic (exact) mass is 640 g/mol. The number of rotatable bonds is 7. The van der Waals surface area contributed by atoms with Gasteiger partial charge in [-0.25, -0.2) is 4.39 Å². The van der Waals surface area contributed by atoms with Gasteiger partial charge in [0.05, 0.1) is 9.93 Å². The van der Waals surface area contributed by atoms with Gasteiger partial charge in [0.15, 0.2) is 0 Å². The first-order valence-corrected chi connectivity index (χ1v) is 13.8. The Morgan fingerprint density at radius 2 is 1.62 bits per heavy atom. The number of nitrogens with zero attached hydrogens (tertiary/aromatic N) is 2. The maximum absolute atomic E-state index is 13.2. The predicted octanol–water partition coefficient (Wildman–Crippen LogP) is 6.51. The van der Waals surface area contributed by atoms with Gasteiger partial charge in [-0.2, -0.15) is 0 Å². The zero-order valence-electron chi connectivity index (χ0n) is 20.5.